The highest BCUT2D eigenvalue weighted by molar-refractivity contribution is 6.23. The van der Waals surface area contributed by atoms with E-state index in [-0.39, 0.29) is 0 Å². The molecule has 0 saturated carbocycles. The van der Waals surface area contributed by atoms with E-state index in [0.717, 1.165) is 98.7 Å². The van der Waals surface area contributed by atoms with Crippen LogP contribution in [-0.2, 0) is 0 Å². The van der Waals surface area contributed by atoms with Gasteiger partial charge in [0.15, 0.2) is 11.6 Å². The largest absolute Gasteiger partial charge is 0.456 e. The minimum atomic E-state index is 0.509. The van der Waals surface area contributed by atoms with Gasteiger partial charge in [0.1, 0.15) is 22.3 Å². The van der Waals surface area contributed by atoms with Crippen LogP contribution in [0.15, 0.2) is 221 Å². The molecule has 0 aliphatic heterocycles. The summed E-state index contributed by atoms with van der Waals surface area (Å²) in [5, 5.41) is 15.7. The molecule has 16 aromatic rings. The van der Waals surface area contributed by atoms with Crippen LogP contribution in [0, 0.1) is 0 Å². The van der Waals surface area contributed by atoms with Crippen LogP contribution in [0.1, 0.15) is 0 Å². The number of aromatic nitrogens is 5. The predicted octanol–water partition coefficient (Wildman–Crippen LogP) is 16.7. The molecule has 7 heteroatoms. The summed E-state index contributed by atoms with van der Waals surface area (Å²) in [6.07, 6.45) is 0. The van der Waals surface area contributed by atoms with Crippen LogP contribution in [0.3, 0.4) is 0 Å². The Morgan fingerprint density at radius 3 is 1.56 bits per heavy atom. The molecule has 7 nitrogen and oxygen atoms in total. The predicted molar refractivity (Wildman–Crippen MR) is 286 cm³/mol. The highest BCUT2D eigenvalue weighted by atomic mass is 16.3. The average molecular weight is 894 g/mol. The van der Waals surface area contributed by atoms with Gasteiger partial charge in [0.05, 0.1) is 27.6 Å². The monoisotopic (exact) mass is 893 g/mol. The van der Waals surface area contributed by atoms with E-state index in [4.69, 9.17) is 23.8 Å². The van der Waals surface area contributed by atoms with E-state index in [1.165, 1.54) is 32.3 Å². The van der Waals surface area contributed by atoms with Crippen LogP contribution >= 0.6 is 0 Å². The number of benzene rings is 11. The molecule has 5 aromatic heterocycles. The number of rotatable bonds is 4. The third-order valence-electron chi connectivity index (χ3n) is 14.5. The highest BCUT2D eigenvalue weighted by Gasteiger charge is 2.24. The molecule has 0 radical (unpaired) electrons. The lowest BCUT2D eigenvalue weighted by molar-refractivity contribution is 0.669. The fraction of sp³-hybridized carbons (Fsp3) is 0. The molecular formula is C63H35N5O2. The summed E-state index contributed by atoms with van der Waals surface area (Å²) in [5.41, 5.74) is 10.2. The van der Waals surface area contributed by atoms with Crippen molar-refractivity contribution in [2.24, 2.45) is 0 Å². The van der Waals surface area contributed by atoms with Gasteiger partial charge in [0.2, 0.25) is 5.95 Å². The zero-order valence-corrected chi connectivity index (χ0v) is 37.3. The third kappa shape index (κ3) is 5.31. The fourth-order valence-corrected chi connectivity index (χ4v) is 11.3. The van der Waals surface area contributed by atoms with Crippen molar-refractivity contribution < 1.29 is 8.83 Å². The Hall–Kier alpha value is -9.59. The number of furan rings is 2. The number of hydrogen-bond acceptors (Lipinski definition) is 5. The SMILES string of the molecule is c1ccc2cc3c(cc2c1)c1cc2ccccc2cc1n3-c1ccc2cc(-c3nc(-c4ccc5oc6ccccc6c5c4)nc(-n4c5ccccc5c5ccccc54)n3)c3oc4ccccc4c3c2c1. The molecule has 70 heavy (non-hydrogen) atoms. The first-order valence-corrected chi connectivity index (χ1v) is 23.6. The van der Waals surface area contributed by atoms with Crippen molar-refractivity contribution in [3.8, 4) is 34.4 Å². The van der Waals surface area contributed by atoms with Gasteiger partial charge in [-0.05, 0) is 117 Å². The summed E-state index contributed by atoms with van der Waals surface area (Å²) >= 11 is 0. The lowest BCUT2D eigenvalue weighted by Gasteiger charge is -2.13. The summed E-state index contributed by atoms with van der Waals surface area (Å²) in [6.45, 7) is 0. The van der Waals surface area contributed by atoms with Crippen molar-refractivity contribution in [2.45, 2.75) is 0 Å². The van der Waals surface area contributed by atoms with Crippen molar-refractivity contribution in [3.63, 3.8) is 0 Å². The maximum atomic E-state index is 7.00. The average Bonchev–Trinajstić information content (AvgIpc) is 4.17. The van der Waals surface area contributed by atoms with Gasteiger partial charge in [-0.2, -0.15) is 9.97 Å². The normalized spacial score (nSPS) is 12.3. The van der Waals surface area contributed by atoms with Crippen LogP contribution in [0.2, 0.25) is 0 Å². The number of nitrogens with zero attached hydrogens (tertiary/aromatic N) is 5. The molecule has 16 rings (SSSR count). The van der Waals surface area contributed by atoms with E-state index in [1.54, 1.807) is 0 Å². The molecule has 0 aliphatic carbocycles. The van der Waals surface area contributed by atoms with Gasteiger partial charge < -0.3 is 13.4 Å². The van der Waals surface area contributed by atoms with Gasteiger partial charge in [-0.3, -0.25) is 4.57 Å². The molecule has 0 unspecified atom stereocenters. The maximum Gasteiger partial charge on any atom is 0.238 e. The van der Waals surface area contributed by atoms with E-state index in [1.807, 2.05) is 42.5 Å². The van der Waals surface area contributed by atoms with Crippen molar-refractivity contribution >= 4 is 120 Å². The molecule has 324 valence electrons. The summed E-state index contributed by atoms with van der Waals surface area (Å²) in [7, 11) is 0. The van der Waals surface area contributed by atoms with Crippen LogP contribution in [0.5, 0.6) is 0 Å². The molecule has 5 heterocycles. The summed E-state index contributed by atoms with van der Waals surface area (Å²) < 4.78 is 17.9. The van der Waals surface area contributed by atoms with Gasteiger partial charge >= 0.3 is 0 Å². The fourth-order valence-electron chi connectivity index (χ4n) is 11.3. The van der Waals surface area contributed by atoms with E-state index in [2.05, 4.69) is 179 Å². The molecule has 0 saturated heterocycles. The number of para-hydroxylation sites is 4. The zero-order chi connectivity index (χ0) is 45.6. The molecule has 0 bridgehead atoms. The lowest BCUT2D eigenvalue weighted by atomic mass is 9.99. The lowest BCUT2D eigenvalue weighted by Crippen LogP contribution is -2.06. The van der Waals surface area contributed by atoms with Crippen LogP contribution < -0.4 is 0 Å². The van der Waals surface area contributed by atoms with Crippen molar-refractivity contribution in [2.75, 3.05) is 0 Å². The molecule has 0 spiro atoms. The third-order valence-corrected chi connectivity index (χ3v) is 14.5. The Labute approximate surface area is 397 Å². The molecule has 0 atom stereocenters. The van der Waals surface area contributed by atoms with E-state index in [9.17, 15) is 0 Å². The minimum absolute atomic E-state index is 0.509. The Morgan fingerprint density at radius 1 is 0.314 bits per heavy atom. The smallest absolute Gasteiger partial charge is 0.238 e. The Kier molecular flexibility index (Phi) is 7.49. The quantitative estimate of drug-likeness (QED) is 0.176. The van der Waals surface area contributed by atoms with Crippen molar-refractivity contribution in [1.29, 1.82) is 0 Å². The number of hydrogen-bond donors (Lipinski definition) is 0. The van der Waals surface area contributed by atoms with Crippen molar-refractivity contribution in [1.82, 2.24) is 24.1 Å². The van der Waals surface area contributed by atoms with E-state index in [0.29, 0.717) is 23.2 Å². The standard InChI is InChI=1S/C63H35N5O2/c1-3-15-38-33-54-48(29-36(38)13-1)49-30-37-14-2-4-16-39(37)34-55(49)67(54)42-27-25-40-31-51(60-59(47(40)35-42)46-20-8-12-24-57(46)70-60)62-64-61(41-26-28-58-50(32-41)45-19-7-11-23-56(45)69-58)65-63(66-62)68-52-21-9-5-17-43(52)44-18-6-10-22-53(44)68/h1-35H. The van der Waals surface area contributed by atoms with Crippen LogP contribution in [0.25, 0.3) is 154 Å². The van der Waals surface area contributed by atoms with Gasteiger partial charge in [-0.25, -0.2) is 4.98 Å². The molecule has 11 aromatic carbocycles. The first-order valence-electron chi connectivity index (χ1n) is 23.6. The second-order valence-corrected chi connectivity index (χ2v) is 18.4. The summed E-state index contributed by atoms with van der Waals surface area (Å²) in [4.78, 5) is 16.2. The maximum absolute atomic E-state index is 7.00. The first kappa shape index (κ1) is 37.5. The molecule has 0 aliphatic rings. The Morgan fingerprint density at radius 2 is 0.871 bits per heavy atom. The van der Waals surface area contributed by atoms with Gasteiger partial charge in [-0.1, -0.05) is 127 Å². The van der Waals surface area contributed by atoms with Gasteiger partial charge in [-0.15, -0.1) is 0 Å². The van der Waals surface area contributed by atoms with Gasteiger partial charge in [0.25, 0.3) is 0 Å². The Bertz CT molecular complexity index is 4770. The van der Waals surface area contributed by atoms with E-state index >= 15 is 0 Å². The van der Waals surface area contributed by atoms with Crippen molar-refractivity contribution in [3.05, 3.63) is 212 Å². The first-order chi connectivity index (χ1) is 34.7. The van der Waals surface area contributed by atoms with E-state index < -0.39 is 0 Å². The second-order valence-electron chi connectivity index (χ2n) is 18.4. The minimum Gasteiger partial charge on any atom is -0.456 e. The zero-order valence-electron chi connectivity index (χ0n) is 37.3. The topological polar surface area (TPSA) is 74.8 Å². The molecule has 0 N–H and O–H groups in total. The summed E-state index contributed by atoms with van der Waals surface area (Å²) in [5.74, 6) is 1.57. The van der Waals surface area contributed by atoms with Crippen LogP contribution in [0.4, 0.5) is 0 Å². The second kappa shape index (κ2) is 14.0. The number of fused-ring (bicyclic) bond motifs is 16. The van der Waals surface area contributed by atoms with Gasteiger partial charge in [0, 0.05) is 54.3 Å². The molecule has 0 amide bonds. The Balaban J connectivity index is 0.978. The van der Waals surface area contributed by atoms with Crippen LogP contribution in [-0.4, -0.2) is 24.1 Å². The molecule has 0 fully saturated rings. The molecular weight excluding hydrogens is 859 g/mol. The summed E-state index contributed by atoms with van der Waals surface area (Å²) in [6, 6.07) is 75.2. The highest BCUT2D eigenvalue weighted by Crippen LogP contribution is 2.44.